The number of piperazine rings is 1. The van der Waals surface area contributed by atoms with Crippen LogP contribution in [0.2, 0.25) is 0 Å². The van der Waals surface area contributed by atoms with Crippen LogP contribution < -0.4 is 10.6 Å². The normalized spacial score (nSPS) is 17.2. The third kappa shape index (κ3) is 4.95. The maximum atomic E-state index is 13.1. The average Bonchev–Trinajstić information content (AvgIpc) is 3.11. The summed E-state index contributed by atoms with van der Waals surface area (Å²) in [5.41, 5.74) is 8.36. The van der Waals surface area contributed by atoms with Crippen LogP contribution in [-0.2, 0) is 19.4 Å². The Morgan fingerprint density at radius 1 is 1.07 bits per heavy atom. The predicted octanol–water partition coefficient (Wildman–Crippen LogP) is 2.66. The Balaban J connectivity index is 0.00000225. The number of hydrogen-bond acceptors (Lipinski definition) is 3. The Morgan fingerprint density at radius 3 is 2.54 bits per heavy atom. The van der Waals surface area contributed by atoms with Crippen molar-refractivity contribution in [1.29, 1.82) is 0 Å². The number of anilines is 1. The third-order valence-electron chi connectivity index (χ3n) is 5.40. The molecular formula is C20H28FIN6. The zero-order chi connectivity index (χ0) is 18.6. The van der Waals surface area contributed by atoms with E-state index in [0.29, 0.717) is 12.5 Å². The summed E-state index contributed by atoms with van der Waals surface area (Å²) in [6, 6.07) is 6.66. The van der Waals surface area contributed by atoms with Gasteiger partial charge in [0, 0.05) is 64.0 Å². The van der Waals surface area contributed by atoms with Gasteiger partial charge >= 0.3 is 0 Å². The molecule has 1 aromatic carbocycles. The number of rotatable bonds is 4. The molecule has 2 N–H and O–H groups in total. The van der Waals surface area contributed by atoms with Gasteiger partial charge in [-0.15, -0.1) is 24.0 Å². The number of imidazole rings is 1. The van der Waals surface area contributed by atoms with Crippen LogP contribution >= 0.6 is 24.0 Å². The maximum Gasteiger partial charge on any atom is 0.191 e. The summed E-state index contributed by atoms with van der Waals surface area (Å²) in [5, 5.41) is 0. The highest BCUT2D eigenvalue weighted by molar-refractivity contribution is 14.0. The van der Waals surface area contributed by atoms with E-state index in [0.717, 1.165) is 56.9 Å². The number of aryl methyl sites for hydroxylation is 2. The maximum absolute atomic E-state index is 13.1. The Kier molecular flexibility index (Phi) is 7.14. The highest BCUT2D eigenvalue weighted by Crippen LogP contribution is 2.17. The number of nitrogens with two attached hydrogens (primary N) is 1. The molecule has 0 spiro atoms. The minimum Gasteiger partial charge on any atom is -0.370 e. The van der Waals surface area contributed by atoms with Crippen molar-refractivity contribution in [3.05, 3.63) is 47.8 Å². The van der Waals surface area contributed by atoms with Gasteiger partial charge in [0.1, 0.15) is 11.6 Å². The van der Waals surface area contributed by atoms with E-state index in [1.54, 1.807) is 0 Å². The van der Waals surface area contributed by atoms with Gasteiger partial charge in [-0.05, 0) is 37.1 Å². The first kappa shape index (κ1) is 20.9. The van der Waals surface area contributed by atoms with Gasteiger partial charge in [-0.3, -0.25) is 4.99 Å². The smallest absolute Gasteiger partial charge is 0.191 e. The Labute approximate surface area is 182 Å². The van der Waals surface area contributed by atoms with E-state index in [1.807, 2.05) is 12.1 Å². The van der Waals surface area contributed by atoms with Gasteiger partial charge in [0.15, 0.2) is 5.96 Å². The lowest BCUT2D eigenvalue weighted by Gasteiger charge is -2.36. The first-order chi connectivity index (χ1) is 13.2. The van der Waals surface area contributed by atoms with E-state index < -0.39 is 0 Å². The van der Waals surface area contributed by atoms with E-state index in [-0.39, 0.29) is 29.8 Å². The van der Waals surface area contributed by atoms with Crippen LogP contribution in [0.3, 0.4) is 0 Å². The number of aliphatic imine (C=N–C) groups is 1. The first-order valence-electron chi connectivity index (χ1n) is 9.79. The van der Waals surface area contributed by atoms with Crippen LogP contribution in [0, 0.1) is 5.82 Å². The minimum absolute atomic E-state index is 0. The Bertz CT molecular complexity index is 772. The van der Waals surface area contributed by atoms with Crippen LogP contribution in [-0.4, -0.2) is 53.1 Å². The van der Waals surface area contributed by atoms with E-state index >= 15 is 0 Å². The molecule has 2 aliphatic heterocycles. The summed E-state index contributed by atoms with van der Waals surface area (Å²) in [4.78, 5) is 13.6. The number of guanidine groups is 1. The molecule has 28 heavy (non-hydrogen) atoms. The summed E-state index contributed by atoms with van der Waals surface area (Å²) in [7, 11) is 0. The molecule has 3 heterocycles. The fourth-order valence-electron chi connectivity index (χ4n) is 3.82. The van der Waals surface area contributed by atoms with Crippen molar-refractivity contribution in [3.63, 3.8) is 0 Å². The van der Waals surface area contributed by atoms with Crippen molar-refractivity contribution in [2.45, 2.75) is 32.2 Å². The molecule has 0 aliphatic carbocycles. The van der Waals surface area contributed by atoms with Crippen LogP contribution in [0.5, 0.6) is 0 Å². The quantitative estimate of drug-likeness (QED) is 0.400. The molecule has 0 saturated carbocycles. The Morgan fingerprint density at radius 2 is 1.82 bits per heavy atom. The fourth-order valence-corrected chi connectivity index (χ4v) is 3.82. The molecule has 152 valence electrons. The molecule has 0 radical (unpaired) electrons. The molecule has 4 rings (SSSR count). The number of halogens is 2. The molecule has 8 heteroatoms. The fraction of sp³-hybridized carbons (Fsp3) is 0.500. The summed E-state index contributed by atoms with van der Waals surface area (Å²) in [6.07, 6.45) is 6.57. The van der Waals surface area contributed by atoms with E-state index in [2.05, 4.69) is 25.6 Å². The van der Waals surface area contributed by atoms with Crippen molar-refractivity contribution in [3.8, 4) is 0 Å². The van der Waals surface area contributed by atoms with Gasteiger partial charge < -0.3 is 20.1 Å². The van der Waals surface area contributed by atoms with Gasteiger partial charge in [-0.1, -0.05) is 0 Å². The van der Waals surface area contributed by atoms with Crippen molar-refractivity contribution < 1.29 is 4.39 Å². The highest BCUT2D eigenvalue weighted by Gasteiger charge is 2.18. The zero-order valence-corrected chi connectivity index (χ0v) is 18.4. The largest absolute Gasteiger partial charge is 0.370 e. The molecule has 1 fully saturated rings. The second-order valence-electron chi connectivity index (χ2n) is 7.24. The lowest BCUT2D eigenvalue weighted by molar-refractivity contribution is 0.381. The van der Waals surface area contributed by atoms with Crippen molar-refractivity contribution in [2.75, 3.05) is 37.6 Å². The minimum atomic E-state index is -0.202. The molecule has 1 saturated heterocycles. The molecule has 2 aromatic rings. The molecular weight excluding hydrogens is 470 g/mol. The lowest BCUT2D eigenvalue weighted by atomic mass is 10.2. The summed E-state index contributed by atoms with van der Waals surface area (Å²) in [6.45, 7) is 5.12. The molecule has 0 bridgehead atoms. The molecule has 1 aromatic heterocycles. The van der Waals surface area contributed by atoms with Crippen LogP contribution in [0.4, 0.5) is 10.1 Å². The lowest BCUT2D eigenvalue weighted by Crippen LogP contribution is -2.51. The third-order valence-corrected chi connectivity index (χ3v) is 5.40. The van der Waals surface area contributed by atoms with Gasteiger partial charge in [-0.2, -0.15) is 0 Å². The second-order valence-corrected chi connectivity index (χ2v) is 7.24. The van der Waals surface area contributed by atoms with Gasteiger partial charge in [-0.25, -0.2) is 9.37 Å². The van der Waals surface area contributed by atoms with E-state index in [4.69, 9.17) is 10.7 Å². The molecule has 0 amide bonds. The van der Waals surface area contributed by atoms with E-state index in [1.165, 1.54) is 30.8 Å². The van der Waals surface area contributed by atoms with Crippen molar-refractivity contribution >= 4 is 35.6 Å². The number of fused-ring (bicyclic) bond motifs is 1. The summed E-state index contributed by atoms with van der Waals surface area (Å²) < 4.78 is 15.3. The van der Waals surface area contributed by atoms with Crippen LogP contribution in [0.25, 0.3) is 0 Å². The average molecular weight is 498 g/mol. The number of aromatic nitrogens is 2. The monoisotopic (exact) mass is 498 g/mol. The topological polar surface area (TPSA) is 62.7 Å². The standard InChI is InChI=1S/C20H27FN6.HI/c21-16-4-6-18(7-5-16)25-11-13-26(14-12-25)20(22)23-9-8-17-15-27-10-2-1-3-19(27)24-17;/h4-7,15H,1-3,8-14H2,(H2,22,23);1H. The van der Waals surface area contributed by atoms with Crippen LogP contribution in [0.15, 0.2) is 35.5 Å². The van der Waals surface area contributed by atoms with Crippen molar-refractivity contribution in [1.82, 2.24) is 14.5 Å². The van der Waals surface area contributed by atoms with Crippen molar-refractivity contribution in [2.24, 2.45) is 10.7 Å². The van der Waals surface area contributed by atoms with Gasteiger partial charge in [0.2, 0.25) is 0 Å². The molecule has 2 aliphatic rings. The Hall–Kier alpha value is -1.84. The SMILES string of the molecule is I.NC(=NCCc1cn2c(n1)CCCC2)N1CCN(c2ccc(F)cc2)CC1. The summed E-state index contributed by atoms with van der Waals surface area (Å²) in [5.74, 6) is 1.62. The predicted molar refractivity (Wildman–Crippen MR) is 121 cm³/mol. The molecule has 0 unspecified atom stereocenters. The van der Waals surface area contributed by atoms with Gasteiger partial charge in [0.05, 0.1) is 5.69 Å². The first-order valence-corrected chi connectivity index (χ1v) is 9.79. The molecule has 6 nitrogen and oxygen atoms in total. The zero-order valence-electron chi connectivity index (χ0n) is 16.1. The highest BCUT2D eigenvalue weighted by atomic mass is 127. The summed E-state index contributed by atoms with van der Waals surface area (Å²) >= 11 is 0. The van der Waals surface area contributed by atoms with Crippen LogP contribution in [0.1, 0.15) is 24.4 Å². The number of hydrogen-bond donors (Lipinski definition) is 1. The van der Waals surface area contributed by atoms with E-state index in [9.17, 15) is 4.39 Å². The van der Waals surface area contributed by atoms with Gasteiger partial charge in [0.25, 0.3) is 0 Å². The number of nitrogens with zero attached hydrogens (tertiary/aromatic N) is 5. The number of benzene rings is 1. The second kappa shape index (κ2) is 9.58. The molecule has 0 atom stereocenters.